The predicted octanol–water partition coefficient (Wildman–Crippen LogP) is 2.82. The molecule has 0 aliphatic rings. The lowest BCUT2D eigenvalue weighted by molar-refractivity contribution is 0.102. The lowest BCUT2D eigenvalue weighted by Gasteiger charge is -2.22. The fraction of sp³-hybridized carbons (Fsp3) is 0.538. The molecule has 0 heterocycles. The van der Waals surface area contributed by atoms with Crippen LogP contribution in [0.4, 0.5) is 0 Å². The largest absolute Gasteiger partial charge is 0.497 e. The molecular formula is C13H20O2. The molecule has 2 unspecified atom stereocenters. The van der Waals surface area contributed by atoms with Gasteiger partial charge in [0, 0.05) is 5.92 Å². The van der Waals surface area contributed by atoms with Crippen LogP contribution in [0.1, 0.15) is 32.3 Å². The summed E-state index contributed by atoms with van der Waals surface area (Å²) in [4.78, 5) is 0. The van der Waals surface area contributed by atoms with Crippen molar-refractivity contribution < 1.29 is 9.84 Å². The van der Waals surface area contributed by atoms with Crippen LogP contribution in [0.3, 0.4) is 0 Å². The first-order chi connectivity index (χ1) is 7.06. The Morgan fingerprint density at radius 2 is 1.60 bits per heavy atom. The molecule has 84 valence electrons. The molecule has 2 nitrogen and oxygen atoms in total. The van der Waals surface area contributed by atoms with Crippen molar-refractivity contribution in [3.05, 3.63) is 29.8 Å². The first-order valence-electron chi connectivity index (χ1n) is 5.38. The van der Waals surface area contributed by atoms with Crippen LogP contribution in [0.5, 0.6) is 5.75 Å². The Bertz CT molecular complexity index is 290. The maximum atomic E-state index is 9.94. The fourth-order valence-electron chi connectivity index (χ4n) is 1.68. The van der Waals surface area contributed by atoms with Crippen LogP contribution in [-0.4, -0.2) is 18.3 Å². The van der Waals surface area contributed by atoms with Crippen molar-refractivity contribution in [1.82, 2.24) is 0 Å². The number of hydrogen-bond acceptors (Lipinski definition) is 2. The van der Waals surface area contributed by atoms with Gasteiger partial charge in [0.25, 0.3) is 0 Å². The van der Waals surface area contributed by atoms with Gasteiger partial charge in [0.15, 0.2) is 0 Å². The molecule has 0 aromatic heterocycles. The summed E-state index contributed by atoms with van der Waals surface area (Å²) in [5, 5.41) is 9.94. The maximum Gasteiger partial charge on any atom is 0.118 e. The zero-order chi connectivity index (χ0) is 11.4. The molecule has 0 fully saturated rings. The second kappa shape index (κ2) is 5.17. The van der Waals surface area contributed by atoms with Gasteiger partial charge in [-0.15, -0.1) is 0 Å². The molecule has 0 saturated heterocycles. The maximum absolute atomic E-state index is 9.94. The number of aliphatic hydroxyl groups excluding tert-OH is 1. The standard InChI is InChI=1S/C13H20O2/c1-9(2)13(14)10(3)11-5-7-12(15-4)8-6-11/h5-10,13-14H,1-4H3. The van der Waals surface area contributed by atoms with E-state index < -0.39 is 0 Å². The van der Waals surface area contributed by atoms with Gasteiger partial charge in [0.1, 0.15) is 5.75 Å². The van der Waals surface area contributed by atoms with E-state index in [4.69, 9.17) is 4.74 Å². The first-order valence-corrected chi connectivity index (χ1v) is 5.38. The summed E-state index contributed by atoms with van der Waals surface area (Å²) < 4.78 is 5.09. The van der Waals surface area contributed by atoms with Gasteiger partial charge in [-0.1, -0.05) is 32.9 Å². The Labute approximate surface area is 91.9 Å². The summed E-state index contributed by atoms with van der Waals surface area (Å²) in [5.41, 5.74) is 1.15. The molecule has 2 atom stereocenters. The molecule has 1 rings (SSSR count). The van der Waals surface area contributed by atoms with Crippen LogP contribution in [-0.2, 0) is 0 Å². The van der Waals surface area contributed by atoms with Crippen LogP contribution >= 0.6 is 0 Å². The Balaban J connectivity index is 2.78. The molecule has 1 aromatic rings. The molecule has 1 aromatic carbocycles. The summed E-state index contributed by atoms with van der Waals surface area (Å²) >= 11 is 0. The minimum absolute atomic E-state index is 0.163. The van der Waals surface area contributed by atoms with E-state index in [1.807, 2.05) is 45.0 Å². The number of benzene rings is 1. The monoisotopic (exact) mass is 208 g/mol. The smallest absolute Gasteiger partial charge is 0.118 e. The molecule has 1 N–H and O–H groups in total. The molecule has 15 heavy (non-hydrogen) atoms. The number of aliphatic hydroxyl groups is 1. The van der Waals surface area contributed by atoms with Crippen LogP contribution in [0.2, 0.25) is 0 Å². The zero-order valence-electron chi connectivity index (χ0n) is 9.90. The minimum atomic E-state index is -0.293. The number of ether oxygens (including phenoxy) is 1. The van der Waals surface area contributed by atoms with E-state index in [2.05, 4.69) is 0 Å². The van der Waals surface area contributed by atoms with E-state index in [1.54, 1.807) is 7.11 Å². The lowest BCUT2D eigenvalue weighted by atomic mass is 9.89. The quantitative estimate of drug-likeness (QED) is 0.824. The van der Waals surface area contributed by atoms with E-state index in [0.29, 0.717) is 0 Å². The normalized spacial score (nSPS) is 15.1. The summed E-state index contributed by atoms with van der Waals surface area (Å²) in [6.45, 7) is 6.11. The molecule has 0 bridgehead atoms. The van der Waals surface area contributed by atoms with Gasteiger partial charge in [0.2, 0.25) is 0 Å². The van der Waals surface area contributed by atoms with Crippen molar-refractivity contribution in [1.29, 1.82) is 0 Å². The van der Waals surface area contributed by atoms with Gasteiger partial charge in [-0.25, -0.2) is 0 Å². The first kappa shape index (κ1) is 12.1. The van der Waals surface area contributed by atoms with Gasteiger partial charge in [-0.3, -0.25) is 0 Å². The SMILES string of the molecule is COc1ccc(C(C)C(O)C(C)C)cc1. The van der Waals surface area contributed by atoms with Crippen molar-refractivity contribution in [2.45, 2.75) is 32.8 Å². The molecule has 0 amide bonds. The van der Waals surface area contributed by atoms with E-state index in [0.717, 1.165) is 11.3 Å². The minimum Gasteiger partial charge on any atom is -0.497 e. The Kier molecular flexibility index (Phi) is 4.15. The zero-order valence-corrected chi connectivity index (χ0v) is 9.90. The number of hydrogen-bond donors (Lipinski definition) is 1. The molecular weight excluding hydrogens is 188 g/mol. The highest BCUT2D eigenvalue weighted by molar-refractivity contribution is 5.29. The van der Waals surface area contributed by atoms with E-state index in [-0.39, 0.29) is 17.9 Å². The van der Waals surface area contributed by atoms with E-state index in [9.17, 15) is 5.11 Å². The summed E-state index contributed by atoms with van der Waals surface area (Å²) in [7, 11) is 1.65. The van der Waals surface area contributed by atoms with Crippen molar-refractivity contribution in [3.63, 3.8) is 0 Å². The second-order valence-corrected chi connectivity index (χ2v) is 4.30. The van der Waals surface area contributed by atoms with E-state index >= 15 is 0 Å². The van der Waals surface area contributed by atoms with Gasteiger partial charge in [0.05, 0.1) is 13.2 Å². The van der Waals surface area contributed by atoms with E-state index in [1.165, 1.54) is 0 Å². The average molecular weight is 208 g/mol. The number of rotatable bonds is 4. The molecule has 0 aliphatic carbocycles. The van der Waals surface area contributed by atoms with Crippen molar-refractivity contribution in [2.75, 3.05) is 7.11 Å². The third-order valence-electron chi connectivity index (χ3n) is 2.84. The fourth-order valence-corrected chi connectivity index (χ4v) is 1.68. The van der Waals surface area contributed by atoms with Gasteiger partial charge in [-0.2, -0.15) is 0 Å². The van der Waals surface area contributed by atoms with Crippen LogP contribution in [0.15, 0.2) is 24.3 Å². The Hall–Kier alpha value is -1.02. The lowest BCUT2D eigenvalue weighted by Crippen LogP contribution is -2.21. The van der Waals surface area contributed by atoms with Crippen molar-refractivity contribution in [2.24, 2.45) is 5.92 Å². The summed E-state index contributed by atoms with van der Waals surface area (Å²) in [5.74, 6) is 1.29. The number of methoxy groups -OCH3 is 1. The third-order valence-corrected chi connectivity index (χ3v) is 2.84. The van der Waals surface area contributed by atoms with Gasteiger partial charge in [-0.05, 0) is 23.6 Å². The topological polar surface area (TPSA) is 29.5 Å². The van der Waals surface area contributed by atoms with Crippen LogP contribution in [0, 0.1) is 5.92 Å². The molecule has 0 saturated carbocycles. The molecule has 0 spiro atoms. The third kappa shape index (κ3) is 2.96. The predicted molar refractivity (Wildman–Crippen MR) is 62.3 cm³/mol. The highest BCUT2D eigenvalue weighted by atomic mass is 16.5. The second-order valence-electron chi connectivity index (χ2n) is 4.30. The summed E-state index contributed by atoms with van der Waals surface area (Å²) in [6, 6.07) is 7.88. The highest BCUT2D eigenvalue weighted by Gasteiger charge is 2.19. The van der Waals surface area contributed by atoms with Crippen molar-refractivity contribution in [3.8, 4) is 5.75 Å². The van der Waals surface area contributed by atoms with Gasteiger partial charge < -0.3 is 9.84 Å². The molecule has 0 aliphatic heterocycles. The van der Waals surface area contributed by atoms with Crippen LogP contribution < -0.4 is 4.74 Å². The highest BCUT2D eigenvalue weighted by Crippen LogP contribution is 2.25. The van der Waals surface area contributed by atoms with Crippen molar-refractivity contribution >= 4 is 0 Å². The molecule has 2 heteroatoms. The van der Waals surface area contributed by atoms with Gasteiger partial charge >= 0.3 is 0 Å². The van der Waals surface area contributed by atoms with Crippen LogP contribution in [0.25, 0.3) is 0 Å². The summed E-state index contributed by atoms with van der Waals surface area (Å²) in [6.07, 6.45) is -0.293. The molecule has 0 radical (unpaired) electrons. The Morgan fingerprint density at radius 3 is 2.00 bits per heavy atom. The Morgan fingerprint density at radius 1 is 1.07 bits per heavy atom. The average Bonchev–Trinajstić information content (AvgIpc) is 2.27.